The van der Waals surface area contributed by atoms with Crippen molar-refractivity contribution in [2.45, 2.75) is 6.42 Å². The first-order valence-corrected chi connectivity index (χ1v) is 2.63. The van der Waals surface area contributed by atoms with Gasteiger partial charge >= 0.3 is 0 Å². The largest absolute Gasteiger partial charge is 0.319 e. The Hall–Kier alpha value is -0.0100. The van der Waals surface area contributed by atoms with Crippen LogP contribution < -0.4 is 5.32 Å². The maximum atomic E-state index is 5.42. The first kappa shape index (κ1) is 6.99. The van der Waals surface area contributed by atoms with Crippen LogP contribution in [0, 0.1) is 0 Å². The lowest BCUT2D eigenvalue weighted by atomic mass is 10.4. The van der Waals surface area contributed by atoms with Crippen LogP contribution in [0.4, 0.5) is 0 Å². The van der Waals surface area contributed by atoms with Gasteiger partial charge in [0, 0.05) is 5.03 Å². The van der Waals surface area contributed by atoms with Crippen LogP contribution in [-0.2, 0) is 0 Å². The van der Waals surface area contributed by atoms with E-state index in [4.69, 9.17) is 11.6 Å². The average Bonchev–Trinajstić information content (AvgIpc) is 1.61. The van der Waals surface area contributed by atoms with Crippen molar-refractivity contribution < 1.29 is 0 Å². The second-order valence-electron chi connectivity index (χ2n) is 1.37. The molecule has 0 saturated carbocycles. The van der Waals surface area contributed by atoms with Crippen LogP contribution in [0.25, 0.3) is 0 Å². The lowest BCUT2D eigenvalue weighted by Crippen LogP contribution is -2.06. The van der Waals surface area contributed by atoms with Gasteiger partial charge in [-0.25, -0.2) is 0 Å². The Labute approximate surface area is 49.4 Å². The van der Waals surface area contributed by atoms with Gasteiger partial charge in [0.05, 0.1) is 0 Å². The highest BCUT2D eigenvalue weighted by Crippen LogP contribution is 1.99. The maximum Gasteiger partial charge on any atom is 0.0121 e. The summed E-state index contributed by atoms with van der Waals surface area (Å²) < 4.78 is 0. The van der Waals surface area contributed by atoms with Crippen LogP contribution in [0.3, 0.4) is 0 Å². The molecule has 0 aromatic heterocycles. The Morgan fingerprint density at radius 3 is 2.57 bits per heavy atom. The van der Waals surface area contributed by atoms with Crippen molar-refractivity contribution in [3.8, 4) is 0 Å². The first-order valence-electron chi connectivity index (χ1n) is 2.25. The van der Waals surface area contributed by atoms with Gasteiger partial charge in [-0.15, -0.1) is 0 Å². The zero-order valence-electron chi connectivity index (χ0n) is 4.50. The van der Waals surface area contributed by atoms with Gasteiger partial charge in [-0.1, -0.05) is 18.2 Å². The smallest absolute Gasteiger partial charge is 0.0121 e. The third kappa shape index (κ3) is 5.99. The van der Waals surface area contributed by atoms with E-state index in [0.29, 0.717) is 5.03 Å². The van der Waals surface area contributed by atoms with Gasteiger partial charge in [-0.2, -0.15) is 0 Å². The summed E-state index contributed by atoms with van der Waals surface area (Å²) in [5.74, 6) is 0. The zero-order valence-corrected chi connectivity index (χ0v) is 5.26. The topological polar surface area (TPSA) is 12.0 Å². The van der Waals surface area contributed by atoms with Crippen LogP contribution in [0.1, 0.15) is 6.42 Å². The van der Waals surface area contributed by atoms with Gasteiger partial charge in [0.15, 0.2) is 0 Å². The van der Waals surface area contributed by atoms with Crippen molar-refractivity contribution in [3.63, 3.8) is 0 Å². The molecule has 0 bridgehead atoms. The number of hydrogen-bond acceptors (Lipinski definition) is 1. The lowest BCUT2D eigenvalue weighted by molar-refractivity contribution is 0.803. The average molecular weight is 120 g/mol. The summed E-state index contributed by atoms with van der Waals surface area (Å²) in [5, 5.41) is 3.67. The van der Waals surface area contributed by atoms with Gasteiger partial charge in [0.1, 0.15) is 0 Å². The molecule has 0 aromatic rings. The molecule has 1 N–H and O–H groups in total. The Balaban J connectivity index is 2.82. The monoisotopic (exact) mass is 119 g/mol. The van der Waals surface area contributed by atoms with Gasteiger partial charge < -0.3 is 5.32 Å². The highest BCUT2D eigenvalue weighted by molar-refractivity contribution is 6.29. The molecule has 0 aliphatic heterocycles. The predicted molar refractivity (Wildman–Crippen MR) is 33.5 cm³/mol. The molecule has 0 rings (SSSR count). The third-order valence-electron chi connectivity index (χ3n) is 0.646. The molecule has 0 saturated heterocycles. The van der Waals surface area contributed by atoms with Gasteiger partial charge in [-0.05, 0) is 20.0 Å². The summed E-state index contributed by atoms with van der Waals surface area (Å²) in [7, 11) is 1.89. The van der Waals surface area contributed by atoms with E-state index in [1.165, 1.54) is 0 Å². The zero-order chi connectivity index (χ0) is 5.70. The summed E-state index contributed by atoms with van der Waals surface area (Å²) >= 11 is 5.42. The van der Waals surface area contributed by atoms with Crippen LogP contribution >= 0.6 is 11.6 Å². The van der Waals surface area contributed by atoms with Crippen molar-refractivity contribution in [1.82, 2.24) is 5.32 Å². The third-order valence-corrected chi connectivity index (χ3v) is 0.835. The minimum absolute atomic E-state index is 0.717. The van der Waals surface area contributed by atoms with Crippen molar-refractivity contribution in [2.24, 2.45) is 0 Å². The van der Waals surface area contributed by atoms with E-state index in [2.05, 4.69) is 11.9 Å². The molecule has 0 unspecified atom stereocenters. The van der Waals surface area contributed by atoms with Gasteiger partial charge in [0.2, 0.25) is 0 Å². The quantitative estimate of drug-likeness (QED) is 0.592. The molecule has 1 nitrogen and oxygen atoms in total. The molecule has 0 aromatic carbocycles. The van der Waals surface area contributed by atoms with Crippen molar-refractivity contribution in [3.05, 3.63) is 11.6 Å². The summed E-state index contributed by atoms with van der Waals surface area (Å²) in [4.78, 5) is 0. The predicted octanol–water partition coefficient (Wildman–Crippen LogP) is 1.35. The van der Waals surface area contributed by atoms with E-state index in [1.54, 1.807) is 0 Å². The molecular weight excluding hydrogens is 110 g/mol. The van der Waals surface area contributed by atoms with Crippen LogP contribution in [-0.4, -0.2) is 13.6 Å². The number of rotatable bonds is 3. The molecule has 0 amide bonds. The molecule has 42 valence electrons. The molecule has 0 aliphatic rings. The Morgan fingerprint density at radius 2 is 2.43 bits per heavy atom. The van der Waals surface area contributed by atoms with Crippen LogP contribution in [0.5, 0.6) is 0 Å². The number of hydrogen-bond donors (Lipinski definition) is 1. The van der Waals surface area contributed by atoms with E-state index >= 15 is 0 Å². The summed E-state index contributed by atoms with van der Waals surface area (Å²) in [6.45, 7) is 4.44. The molecule has 2 heteroatoms. The van der Waals surface area contributed by atoms with Crippen LogP contribution in [0.2, 0.25) is 0 Å². The van der Waals surface area contributed by atoms with Crippen molar-refractivity contribution in [2.75, 3.05) is 13.6 Å². The van der Waals surface area contributed by atoms with E-state index in [-0.39, 0.29) is 0 Å². The van der Waals surface area contributed by atoms with Crippen LogP contribution in [0.15, 0.2) is 11.6 Å². The fourth-order valence-corrected chi connectivity index (χ4v) is 0.355. The highest BCUT2D eigenvalue weighted by Gasteiger charge is 1.82. The fraction of sp³-hybridized carbons (Fsp3) is 0.600. The molecule has 0 fully saturated rings. The summed E-state index contributed by atoms with van der Waals surface area (Å²) in [5.41, 5.74) is 0. The molecule has 0 radical (unpaired) electrons. The fourth-order valence-electron chi connectivity index (χ4n) is 0.261. The summed E-state index contributed by atoms with van der Waals surface area (Å²) in [6.07, 6.45) is 0.859. The van der Waals surface area contributed by atoms with E-state index < -0.39 is 0 Å². The Morgan fingerprint density at radius 1 is 1.86 bits per heavy atom. The Bertz CT molecular complexity index is 61.1. The minimum Gasteiger partial charge on any atom is -0.319 e. The SMILES string of the molecule is C=C(Cl)CCNC. The highest BCUT2D eigenvalue weighted by atomic mass is 35.5. The van der Waals surface area contributed by atoms with E-state index in [9.17, 15) is 0 Å². The standard InChI is InChI=1S/C5H10ClN/c1-5(6)3-4-7-2/h7H,1,3-4H2,2H3. The second kappa shape index (κ2) is 4.16. The minimum atomic E-state index is 0.717. The molecule has 7 heavy (non-hydrogen) atoms. The molecule has 0 spiro atoms. The maximum absolute atomic E-state index is 5.42. The summed E-state index contributed by atoms with van der Waals surface area (Å²) in [6, 6.07) is 0. The van der Waals surface area contributed by atoms with Gasteiger partial charge in [-0.3, -0.25) is 0 Å². The van der Waals surface area contributed by atoms with Crippen molar-refractivity contribution in [1.29, 1.82) is 0 Å². The molecule has 0 aliphatic carbocycles. The molecule has 0 atom stereocenters. The number of halogens is 1. The van der Waals surface area contributed by atoms with Crippen molar-refractivity contribution >= 4 is 11.6 Å². The van der Waals surface area contributed by atoms with Gasteiger partial charge in [0.25, 0.3) is 0 Å². The number of nitrogens with one attached hydrogen (secondary N) is 1. The normalized spacial score (nSPS) is 8.86. The van der Waals surface area contributed by atoms with E-state index in [0.717, 1.165) is 13.0 Å². The molecule has 0 heterocycles. The first-order chi connectivity index (χ1) is 3.27. The van der Waals surface area contributed by atoms with E-state index in [1.807, 2.05) is 7.05 Å². The lowest BCUT2D eigenvalue weighted by Gasteiger charge is -1.92. The molecular formula is C5H10ClN. The Kier molecular flexibility index (Phi) is 4.15. The second-order valence-corrected chi connectivity index (χ2v) is 1.91.